The van der Waals surface area contributed by atoms with Gasteiger partial charge in [0.25, 0.3) is 0 Å². The molecule has 0 radical (unpaired) electrons. The molecule has 0 saturated carbocycles. The molecule has 2 aromatic carbocycles. The molecule has 0 aliphatic carbocycles. The molecule has 1 heterocycles. The van der Waals surface area contributed by atoms with Crippen LogP contribution in [0.3, 0.4) is 0 Å². The van der Waals surface area contributed by atoms with Crippen molar-refractivity contribution in [3.05, 3.63) is 53.6 Å². The van der Waals surface area contributed by atoms with E-state index >= 15 is 0 Å². The molecular weight excluding hydrogens is 256 g/mol. The predicted octanol–water partition coefficient (Wildman–Crippen LogP) is 3.55. The van der Waals surface area contributed by atoms with E-state index < -0.39 is 10.8 Å². The molecule has 1 aliphatic heterocycles. The van der Waals surface area contributed by atoms with E-state index in [0.29, 0.717) is 6.61 Å². The summed E-state index contributed by atoms with van der Waals surface area (Å²) in [4.78, 5) is 1.83. The number of benzene rings is 2. The highest BCUT2D eigenvalue weighted by molar-refractivity contribution is 7.85. The lowest BCUT2D eigenvalue weighted by Gasteiger charge is -2.21. The topological polar surface area (TPSA) is 26.3 Å². The molecule has 0 spiro atoms. The van der Waals surface area contributed by atoms with Crippen molar-refractivity contribution in [1.29, 1.82) is 0 Å². The monoisotopic (exact) mass is 272 g/mol. The first-order chi connectivity index (χ1) is 9.31. The van der Waals surface area contributed by atoms with Crippen LogP contribution in [0.4, 0.5) is 0 Å². The number of fused-ring (bicyclic) bond motifs is 2. The van der Waals surface area contributed by atoms with Crippen molar-refractivity contribution in [2.75, 3.05) is 6.61 Å². The standard InChI is InChI=1S/C16H16O2S/c1-2-10-18-14-7-5-9-16-13(14)11-12-6-3-4-8-15(12)19(16)17/h3-9H,2,10-11H2,1H3. The summed E-state index contributed by atoms with van der Waals surface area (Å²) >= 11 is 0. The van der Waals surface area contributed by atoms with Crippen LogP contribution >= 0.6 is 0 Å². The van der Waals surface area contributed by atoms with Crippen LogP contribution in [-0.2, 0) is 17.2 Å². The third-order valence-electron chi connectivity index (χ3n) is 3.29. The lowest BCUT2D eigenvalue weighted by atomic mass is 10.0. The Hall–Kier alpha value is -1.61. The predicted molar refractivity (Wildman–Crippen MR) is 76.2 cm³/mol. The Balaban J connectivity index is 2.07. The zero-order valence-corrected chi connectivity index (χ0v) is 11.7. The zero-order valence-electron chi connectivity index (χ0n) is 10.9. The fourth-order valence-electron chi connectivity index (χ4n) is 2.38. The highest BCUT2D eigenvalue weighted by Gasteiger charge is 2.24. The van der Waals surface area contributed by atoms with Crippen molar-refractivity contribution in [3.63, 3.8) is 0 Å². The fraction of sp³-hybridized carbons (Fsp3) is 0.250. The van der Waals surface area contributed by atoms with Gasteiger partial charge in [0.2, 0.25) is 0 Å². The zero-order chi connectivity index (χ0) is 13.2. The first-order valence-electron chi connectivity index (χ1n) is 6.55. The van der Waals surface area contributed by atoms with Crippen molar-refractivity contribution in [3.8, 4) is 5.75 Å². The molecular formula is C16H16O2S. The SMILES string of the molecule is CCCOc1cccc2c1Cc1ccccc1S2=O. The molecule has 2 nitrogen and oxygen atoms in total. The van der Waals surface area contributed by atoms with Crippen molar-refractivity contribution >= 4 is 10.8 Å². The van der Waals surface area contributed by atoms with E-state index in [9.17, 15) is 4.21 Å². The van der Waals surface area contributed by atoms with Gasteiger partial charge in [0.1, 0.15) is 5.75 Å². The second kappa shape index (κ2) is 5.17. The highest BCUT2D eigenvalue weighted by atomic mass is 32.2. The van der Waals surface area contributed by atoms with Gasteiger partial charge in [-0.25, -0.2) is 4.21 Å². The highest BCUT2D eigenvalue weighted by Crippen LogP contribution is 2.36. The van der Waals surface area contributed by atoms with Gasteiger partial charge in [-0.1, -0.05) is 31.2 Å². The summed E-state index contributed by atoms with van der Waals surface area (Å²) in [7, 11) is -1.09. The van der Waals surface area contributed by atoms with Gasteiger partial charge < -0.3 is 4.74 Å². The van der Waals surface area contributed by atoms with E-state index in [4.69, 9.17) is 4.74 Å². The molecule has 2 aromatic rings. The first kappa shape index (κ1) is 12.4. The molecule has 0 amide bonds. The summed E-state index contributed by atoms with van der Waals surface area (Å²) in [6.45, 7) is 2.79. The molecule has 1 atom stereocenters. The van der Waals surface area contributed by atoms with Crippen molar-refractivity contribution in [2.24, 2.45) is 0 Å². The first-order valence-corrected chi connectivity index (χ1v) is 7.70. The summed E-state index contributed by atoms with van der Waals surface area (Å²) in [6, 6.07) is 13.8. The molecule has 0 aromatic heterocycles. The second-order valence-electron chi connectivity index (χ2n) is 4.63. The normalized spacial score (nSPS) is 16.6. The van der Waals surface area contributed by atoms with Gasteiger partial charge >= 0.3 is 0 Å². The summed E-state index contributed by atoms with van der Waals surface area (Å²) < 4.78 is 18.4. The molecule has 1 unspecified atom stereocenters. The minimum Gasteiger partial charge on any atom is -0.493 e. The van der Waals surface area contributed by atoms with Crippen LogP contribution < -0.4 is 4.74 Å². The Labute approximate surface area is 115 Å². The largest absolute Gasteiger partial charge is 0.493 e. The molecule has 19 heavy (non-hydrogen) atoms. The van der Waals surface area contributed by atoms with Crippen LogP contribution in [0.1, 0.15) is 24.5 Å². The van der Waals surface area contributed by atoms with Gasteiger partial charge in [-0.2, -0.15) is 0 Å². The average molecular weight is 272 g/mol. The van der Waals surface area contributed by atoms with E-state index in [1.807, 2.05) is 42.5 Å². The van der Waals surface area contributed by atoms with E-state index in [2.05, 4.69) is 6.92 Å². The summed E-state index contributed by atoms with van der Waals surface area (Å²) in [5.41, 5.74) is 2.22. The van der Waals surface area contributed by atoms with Gasteiger partial charge in [-0.15, -0.1) is 0 Å². The number of hydrogen-bond acceptors (Lipinski definition) is 2. The van der Waals surface area contributed by atoms with Gasteiger partial charge in [0.15, 0.2) is 0 Å². The van der Waals surface area contributed by atoms with Crippen LogP contribution in [0, 0.1) is 0 Å². The van der Waals surface area contributed by atoms with Crippen LogP contribution in [0.25, 0.3) is 0 Å². The lowest BCUT2D eigenvalue weighted by Crippen LogP contribution is -2.11. The van der Waals surface area contributed by atoms with Gasteiger partial charge in [0.05, 0.1) is 22.3 Å². The van der Waals surface area contributed by atoms with Gasteiger partial charge in [0, 0.05) is 16.9 Å². The Morgan fingerprint density at radius 3 is 2.74 bits per heavy atom. The van der Waals surface area contributed by atoms with Crippen LogP contribution in [0.15, 0.2) is 52.3 Å². The molecule has 3 rings (SSSR count). The average Bonchev–Trinajstić information content (AvgIpc) is 2.46. The second-order valence-corrected chi connectivity index (χ2v) is 6.05. The summed E-state index contributed by atoms with van der Waals surface area (Å²) in [5.74, 6) is 0.877. The Morgan fingerprint density at radius 1 is 1.11 bits per heavy atom. The summed E-state index contributed by atoms with van der Waals surface area (Å²) in [5, 5.41) is 0. The Bertz CT molecular complexity index is 634. The third kappa shape index (κ3) is 2.19. The quantitative estimate of drug-likeness (QED) is 0.729. The minimum atomic E-state index is -1.09. The van der Waals surface area contributed by atoms with E-state index in [1.165, 1.54) is 0 Å². The van der Waals surface area contributed by atoms with Crippen molar-refractivity contribution in [2.45, 2.75) is 29.6 Å². The van der Waals surface area contributed by atoms with Crippen LogP contribution in [0.5, 0.6) is 5.75 Å². The summed E-state index contributed by atoms with van der Waals surface area (Å²) in [6.07, 6.45) is 1.78. The minimum absolute atomic E-state index is 0.699. The lowest BCUT2D eigenvalue weighted by molar-refractivity contribution is 0.313. The molecule has 3 heteroatoms. The molecule has 1 aliphatic rings. The smallest absolute Gasteiger partial charge is 0.124 e. The van der Waals surface area contributed by atoms with Crippen LogP contribution in [0.2, 0.25) is 0 Å². The Kier molecular flexibility index (Phi) is 3.38. The number of ether oxygens (including phenoxy) is 1. The maximum Gasteiger partial charge on any atom is 0.124 e. The number of rotatable bonds is 3. The third-order valence-corrected chi connectivity index (χ3v) is 4.87. The maximum absolute atomic E-state index is 12.6. The van der Waals surface area contributed by atoms with Crippen molar-refractivity contribution in [1.82, 2.24) is 0 Å². The van der Waals surface area contributed by atoms with E-state index in [-0.39, 0.29) is 0 Å². The van der Waals surface area contributed by atoms with Gasteiger partial charge in [-0.05, 0) is 30.2 Å². The van der Waals surface area contributed by atoms with Gasteiger partial charge in [-0.3, -0.25) is 0 Å². The molecule has 0 bridgehead atoms. The fourth-order valence-corrected chi connectivity index (χ4v) is 3.80. The number of hydrogen-bond donors (Lipinski definition) is 0. The van der Waals surface area contributed by atoms with Crippen LogP contribution in [-0.4, -0.2) is 10.8 Å². The van der Waals surface area contributed by atoms with E-state index in [1.54, 1.807) is 0 Å². The van der Waals surface area contributed by atoms with E-state index in [0.717, 1.165) is 39.5 Å². The Morgan fingerprint density at radius 2 is 1.89 bits per heavy atom. The van der Waals surface area contributed by atoms with Crippen molar-refractivity contribution < 1.29 is 8.95 Å². The molecule has 0 N–H and O–H groups in total. The molecule has 98 valence electrons. The maximum atomic E-state index is 12.6. The molecule has 0 saturated heterocycles. The molecule has 0 fully saturated rings.